The van der Waals surface area contributed by atoms with Gasteiger partial charge in [0, 0.05) is 17.4 Å². The molecule has 1 heterocycles. The summed E-state index contributed by atoms with van der Waals surface area (Å²) in [4.78, 5) is 14.2. The van der Waals surface area contributed by atoms with Gasteiger partial charge in [0.25, 0.3) is 0 Å². The first-order chi connectivity index (χ1) is 10.7. The van der Waals surface area contributed by atoms with Crippen LogP contribution in [0.5, 0.6) is 0 Å². The second kappa shape index (κ2) is 9.28. The molecule has 122 valence electrons. The topological polar surface area (TPSA) is 55.6 Å². The largest absolute Gasteiger partial charge is 0.370 e. The molecule has 0 bridgehead atoms. The van der Waals surface area contributed by atoms with Crippen molar-refractivity contribution in [3.05, 3.63) is 34.3 Å². The average molecular weight is 369 g/mol. The maximum Gasteiger partial charge on any atom is 0.222 e. The van der Waals surface area contributed by atoms with Gasteiger partial charge >= 0.3 is 0 Å². The van der Waals surface area contributed by atoms with Crippen LogP contribution < -0.4 is 5.73 Å². The molecule has 1 aliphatic heterocycles. The summed E-state index contributed by atoms with van der Waals surface area (Å²) >= 11 is 3.44. The number of amides is 1. The molecular formula is C17H25BrN2O2. The van der Waals surface area contributed by atoms with Gasteiger partial charge in [-0.2, -0.15) is 0 Å². The lowest BCUT2D eigenvalue weighted by atomic mass is 10.1. The van der Waals surface area contributed by atoms with Crippen molar-refractivity contribution < 1.29 is 9.53 Å². The first kappa shape index (κ1) is 17.4. The molecule has 0 saturated carbocycles. The first-order valence-electron chi connectivity index (χ1n) is 8.05. The zero-order valence-corrected chi connectivity index (χ0v) is 14.6. The second-order valence-corrected chi connectivity index (χ2v) is 6.62. The number of nitrogens with two attached hydrogens (primary N) is 1. The molecule has 4 nitrogen and oxygen atoms in total. The van der Waals surface area contributed by atoms with Gasteiger partial charge in [-0.3, -0.25) is 4.79 Å². The Balaban J connectivity index is 1.79. The van der Waals surface area contributed by atoms with Gasteiger partial charge in [0.15, 0.2) is 0 Å². The number of ether oxygens (including phenoxy) is 1. The number of carbonyl (C=O) groups is 1. The van der Waals surface area contributed by atoms with E-state index in [0.717, 1.165) is 42.3 Å². The summed E-state index contributed by atoms with van der Waals surface area (Å²) in [5, 5.41) is 0. The standard InChI is InChI=1S/C17H25BrN2O2/c18-15-8-6-14(7-9-15)16-13-20(11-12-22-16)17(21)5-3-1-2-4-10-19/h6-9,16H,1-5,10-13,19H2. The zero-order chi connectivity index (χ0) is 15.8. The minimum Gasteiger partial charge on any atom is -0.370 e. The molecule has 1 unspecified atom stereocenters. The lowest BCUT2D eigenvalue weighted by Crippen LogP contribution is -2.42. The van der Waals surface area contributed by atoms with Gasteiger partial charge in [-0.15, -0.1) is 0 Å². The Kier molecular flexibility index (Phi) is 7.36. The van der Waals surface area contributed by atoms with Crippen LogP contribution in [0, 0.1) is 0 Å². The molecule has 0 radical (unpaired) electrons. The molecule has 2 N–H and O–H groups in total. The highest BCUT2D eigenvalue weighted by atomic mass is 79.9. The van der Waals surface area contributed by atoms with Crippen molar-refractivity contribution in [1.82, 2.24) is 4.90 Å². The van der Waals surface area contributed by atoms with Crippen LogP contribution in [0.4, 0.5) is 0 Å². The summed E-state index contributed by atoms with van der Waals surface area (Å²) in [7, 11) is 0. The molecule has 0 spiro atoms. The molecule has 2 rings (SSSR count). The molecule has 1 aromatic carbocycles. The highest BCUT2D eigenvalue weighted by molar-refractivity contribution is 9.10. The maximum absolute atomic E-state index is 12.3. The summed E-state index contributed by atoms with van der Waals surface area (Å²) in [6, 6.07) is 8.12. The Hall–Kier alpha value is -0.910. The number of carbonyl (C=O) groups excluding carboxylic acids is 1. The lowest BCUT2D eigenvalue weighted by Gasteiger charge is -2.33. The Morgan fingerprint density at radius 1 is 1.23 bits per heavy atom. The monoisotopic (exact) mass is 368 g/mol. The third kappa shape index (κ3) is 5.38. The number of nitrogens with zero attached hydrogens (tertiary/aromatic N) is 1. The normalized spacial score (nSPS) is 18.5. The summed E-state index contributed by atoms with van der Waals surface area (Å²) in [5.74, 6) is 0.248. The van der Waals surface area contributed by atoms with Crippen LogP contribution in [-0.2, 0) is 9.53 Å². The smallest absolute Gasteiger partial charge is 0.222 e. The van der Waals surface area contributed by atoms with Crippen molar-refractivity contribution in [2.24, 2.45) is 5.73 Å². The van der Waals surface area contributed by atoms with Crippen LogP contribution in [0.1, 0.15) is 43.8 Å². The molecule has 0 aliphatic carbocycles. The number of rotatable bonds is 7. The average Bonchev–Trinajstić information content (AvgIpc) is 2.55. The number of hydrogen-bond donors (Lipinski definition) is 1. The molecule has 1 atom stereocenters. The van der Waals surface area contributed by atoms with E-state index < -0.39 is 0 Å². The number of halogens is 1. The Labute approximate surface area is 141 Å². The number of hydrogen-bond acceptors (Lipinski definition) is 3. The Morgan fingerprint density at radius 3 is 2.68 bits per heavy atom. The van der Waals surface area contributed by atoms with Crippen molar-refractivity contribution in [2.75, 3.05) is 26.2 Å². The SMILES string of the molecule is NCCCCCCC(=O)N1CCOC(c2ccc(Br)cc2)C1. The van der Waals surface area contributed by atoms with Gasteiger partial charge in [-0.25, -0.2) is 0 Å². The van der Waals surface area contributed by atoms with Gasteiger partial charge in [-0.05, 0) is 37.1 Å². The quantitative estimate of drug-likeness (QED) is 0.751. The van der Waals surface area contributed by atoms with Crippen molar-refractivity contribution in [3.8, 4) is 0 Å². The van der Waals surface area contributed by atoms with Gasteiger partial charge < -0.3 is 15.4 Å². The van der Waals surface area contributed by atoms with Gasteiger partial charge in [-0.1, -0.05) is 40.9 Å². The van der Waals surface area contributed by atoms with Crippen LogP contribution in [0.3, 0.4) is 0 Å². The van der Waals surface area contributed by atoms with E-state index in [2.05, 4.69) is 28.1 Å². The number of benzene rings is 1. The predicted octanol–water partition coefficient (Wildman–Crippen LogP) is 3.26. The van der Waals surface area contributed by atoms with E-state index in [1.54, 1.807) is 0 Å². The van der Waals surface area contributed by atoms with Crippen molar-refractivity contribution >= 4 is 21.8 Å². The highest BCUT2D eigenvalue weighted by Crippen LogP contribution is 2.24. The minimum absolute atomic E-state index is 0.0111. The van der Waals surface area contributed by atoms with E-state index in [-0.39, 0.29) is 12.0 Å². The van der Waals surface area contributed by atoms with E-state index in [1.165, 1.54) is 0 Å². The zero-order valence-electron chi connectivity index (χ0n) is 13.0. The molecule has 1 fully saturated rings. The first-order valence-corrected chi connectivity index (χ1v) is 8.85. The summed E-state index contributed by atoms with van der Waals surface area (Å²) in [6.07, 6.45) is 4.84. The van der Waals surface area contributed by atoms with Crippen LogP contribution in [0.2, 0.25) is 0 Å². The number of unbranched alkanes of at least 4 members (excludes halogenated alkanes) is 3. The van der Waals surface area contributed by atoms with Crippen LogP contribution in [0.25, 0.3) is 0 Å². The molecule has 22 heavy (non-hydrogen) atoms. The van der Waals surface area contributed by atoms with E-state index in [4.69, 9.17) is 10.5 Å². The van der Waals surface area contributed by atoms with Crippen LogP contribution in [0.15, 0.2) is 28.7 Å². The molecular weight excluding hydrogens is 344 g/mol. The van der Waals surface area contributed by atoms with Crippen LogP contribution in [-0.4, -0.2) is 37.0 Å². The Morgan fingerprint density at radius 2 is 1.95 bits per heavy atom. The third-order valence-electron chi connectivity index (χ3n) is 4.01. The maximum atomic E-state index is 12.3. The molecule has 0 aromatic heterocycles. The minimum atomic E-state index is -0.0111. The van der Waals surface area contributed by atoms with Gasteiger partial charge in [0.1, 0.15) is 6.10 Å². The van der Waals surface area contributed by atoms with Crippen LogP contribution >= 0.6 is 15.9 Å². The van der Waals surface area contributed by atoms with E-state index in [1.807, 2.05) is 17.0 Å². The highest BCUT2D eigenvalue weighted by Gasteiger charge is 2.24. The molecule has 5 heteroatoms. The number of morpholine rings is 1. The molecule has 1 aliphatic rings. The van der Waals surface area contributed by atoms with Crippen molar-refractivity contribution in [3.63, 3.8) is 0 Å². The van der Waals surface area contributed by atoms with Crippen molar-refractivity contribution in [1.29, 1.82) is 0 Å². The summed E-state index contributed by atoms with van der Waals surface area (Å²) in [6.45, 7) is 2.71. The fourth-order valence-corrected chi connectivity index (χ4v) is 2.95. The third-order valence-corrected chi connectivity index (χ3v) is 4.53. The lowest BCUT2D eigenvalue weighted by molar-refractivity contribution is -0.139. The fourth-order valence-electron chi connectivity index (χ4n) is 2.69. The van der Waals surface area contributed by atoms with E-state index >= 15 is 0 Å². The van der Waals surface area contributed by atoms with E-state index in [9.17, 15) is 4.79 Å². The van der Waals surface area contributed by atoms with Gasteiger partial charge in [0.2, 0.25) is 5.91 Å². The van der Waals surface area contributed by atoms with Gasteiger partial charge in [0.05, 0.1) is 13.2 Å². The van der Waals surface area contributed by atoms with Crippen molar-refractivity contribution in [2.45, 2.75) is 38.2 Å². The Bertz CT molecular complexity index is 464. The molecule has 1 saturated heterocycles. The van der Waals surface area contributed by atoms with E-state index in [0.29, 0.717) is 26.1 Å². The fraction of sp³-hybridized carbons (Fsp3) is 0.588. The predicted molar refractivity (Wildman–Crippen MR) is 91.6 cm³/mol. The molecule has 1 aromatic rings. The summed E-state index contributed by atoms with van der Waals surface area (Å²) in [5.41, 5.74) is 6.60. The molecule has 1 amide bonds. The second-order valence-electron chi connectivity index (χ2n) is 5.70. The summed E-state index contributed by atoms with van der Waals surface area (Å²) < 4.78 is 6.87.